The molecule has 7 nitrogen and oxygen atoms in total. The number of aromatic nitrogens is 6. The lowest BCUT2D eigenvalue weighted by atomic mass is 9.97. The van der Waals surface area contributed by atoms with Crippen molar-refractivity contribution in [3.63, 3.8) is 0 Å². The number of hydrogen-bond acceptors (Lipinski definition) is 5. The van der Waals surface area contributed by atoms with E-state index in [-0.39, 0.29) is 5.78 Å². The van der Waals surface area contributed by atoms with Gasteiger partial charge in [-0.2, -0.15) is 10.2 Å². The van der Waals surface area contributed by atoms with E-state index in [1.54, 1.807) is 23.3 Å². The van der Waals surface area contributed by atoms with Gasteiger partial charge in [0.2, 0.25) is 0 Å². The summed E-state index contributed by atoms with van der Waals surface area (Å²) in [7, 11) is 1.88. The van der Waals surface area contributed by atoms with E-state index in [0.717, 1.165) is 46.1 Å². The van der Waals surface area contributed by atoms with Crippen molar-refractivity contribution in [1.29, 1.82) is 0 Å². The number of fused-ring (bicyclic) bond motifs is 1. The first-order valence-corrected chi connectivity index (χ1v) is 10.4. The van der Waals surface area contributed by atoms with Crippen molar-refractivity contribution in [2.45, 2.75) is 39.0 Å². The second kappa shape index (κ2) is 7.48. The molecule has 7 heteroatoms. The number of Topliss-reactive ketones (excluding diaryl/α,β-unsaturated/α-hetero) is 1. The molecule has 0 radical (unpaired) electrons. The highest BCUT2D eigenvalue weighted by molar-refractivity contribution is 5.97. The van der Waals surface area contributed by atoms with Gasteiger partial charge in [-0.15, -0.1) is 0 Å². The summed E-state index contributed by atoms with van der Waals surface area (Å²) in [5, 5.41) is 8.93. The molecule has 1 aromatic carbocycles. The zero-order chi connectivity index (χ0) is 20.7. The molecule has 0 aliphatic heterocycles. The fourth-order valence-electron chi connectivity index (χ4n) is 3.89. The molecular weight excluding hydrogens is 376 g/mol. The maximum absolute atomic E-state index is 12.5. The molecule has 3 heterocycles. The van der Waals surface area contributed by atoms with Crippen LogP contribution in [0.3, 0.4) is 0 Å². The van der Waals surface area contributed by atoms with Crippen molar-refractivity contribution >= 4 is 11.4 Å². The van der Waals surface area contributed by atoms with Gasteiger partial charge in [-0.3, -0.25) is 14.5 Å². The molecule has 0 atom stereocenters. The minimum Gasteiger partial charge on any atom is -0.294 e. The molecule has 0 unspecified atom stereocenters. The van der Waals surface area contributed by atoms with Crippen LogP contribution >= 0.6 is 0 Å². The molecule has 1 aliphatic carbocycles. The third-order valence-corrected chi connectivity index (χ3v) is 5.72. The molecule has 0 bridgehead atoms. The number of carbonyl (C=O) groups is 1. The number of rotatable bonds is 7. The minimum atomic E-state index is 0.254. The highest BCUT2D eigenvalue weighted by atomic mass is 16.1. The number of hydrogen-bond donors (Lipinski definition) is 0. The quantitative estimate of drug-likeness (QED) is 0.441. The van der Waals surface area contributed by atoms with Gasteiger partial charge >= 0.3 is 0 Å². The van der Waals surface area contributed by atoms with E-state index in [4.69, 9.17) is 5.10 Å². The predicted molar refractivity (Wildman–Crippen MR) is 113 cm³/mol. The first kappa shape index (κ1) is 18.7. The van der Waals surface area contributed by atoms with Crippen LogP contribution in [0.25, 0.3) is 16.9 Å². The van der Waals surface area contributed by atoms with Gasteiger partial charge in [0.15, 0.2) is 17.3 Å². The second-order valence-electron chi connectivity index (χ2n) is 8.22. The topological polar surface area (TPSA) is 78.0 Å². The van der Waals surface area contributed by atoms with Gasteiger partial charge in [0.1, 0.15) is 0 Å². The van der Waals surface area contributed by atoms with Crippen LogP contribution in [0.4, 0.5) is 0 Å². The summed E-state index contributed by atoms with van der Waals surface area (Å²) in [4.78, 5) is 21.5. The number of benzene rings is 1. The zero-order valence-electron chi connectivity index (χ0n) is 17.2. The zero-order valence-corrected chi connectivity index (χ0v) is 17.2. The smallest absolute Gasteiger partial charge is 0.174 e. The van der Waals surface area contributed by atoms with Crippen molar-refractivity contribution in [3.05, 3.63) is 65.5 Å². The van der Waals surface area contributed by atoms with E-state index in [9.17, 15) is 4.79 Å². The molecule has 0 spiro atoms. The van der Waals surface area contributed by atoms with Gasteiger partial charge < -0.3 is 0 Å². The Morgan fingerprint density at radius 2 is 2.07 bits per heavy atom. The normalized spacial score (nSPS) is 13.8. The van der Waals surface area contributed by atoms with Gasteiger partial charge in [0.05, 0.1) is 24.3 Å². The van der Waals surface area contributed by atoms with Crippen LogP contribution in [-0.4, -0.2) is 35.1 Å². The monoisotopic (exact) mass is 400 g/mol. The van der Waals surface area contributed by atoms with Gasteiger partial charge in [-0.05, 0) is 30.4 Å². The highest BCUT2D eigenvalue weighted by Crippen LogP contribution is 2.34. The van der Waals surface area contributed by atoms with Crippen LogP contribution in [0.2, 0.25) is 0 Å². The van der Waals surface area contributed by atoms with E-state index in [0.29, 0.717) is 18.5 Å². The van der Waals surface area contributed by atoms with Crippen LogP contribution in [0.15, 0.2) is 43.0 Å². The van der Waals surface area contributed by atoms with Gasteiger partial charge in [-0.25, -0.2) is 9.50 Å². The molecular formula is C23H24N6O. The van der Waals surface area contributed by atoms with Crippen LogP contribution in [0.5, 0.6) is 0 Å². The Hall–Kier alpha value is -3.35. The summed E-state index contributed by atoms with van der Waals surface area (Å²) in [5.74, 6) is 1.75. The highest BCUT2D eigenvalue weighted by Gasteiger charge is 2.22. The van der Waals surface area contributed by atoms with Gasteiger partial charge in [0.25, 0.3) is 0 Å². The van der Waals surface area contributed by atoms with Crippen LogP contribution < -0.4 is 0 Å². The van der Waals surface area contributed by atoms with E-state index in [2.05, 4.69) is 21.1 Å². The summed E-state index contributed by atoms with van der Waals surface area (Å²) < 4.78 is 3.56. The summed E-state index contributed by atoms with van der Waals surface area (Å²) in [6.45, 7) is 2.01. The average Bonchev–Trinajstić information content (AvgIpc) is 3.31. The van der Waals surface area contributed by atoms with Crippen LogP contribution in [0, 0.1) is 12.8 Å². The number of ketones is 1. The molecule has 3 aromatic heterocycles. The Kier molecular flexibility index (Phi) is 4.65. The van der Waals surface area contributed by atoms with Crippen LogP contribution in [-0.2, 0) is 13.5 Å². The molecule has 1 fully saturated rings. The van der Waals surface area contributed by atoms with Crippen molar-refractivity contribution in [2.24, 2.45) is 13.0 Å². The van der Waals surface area contributed by atoms with Gasteiger partial charge in [-0.1, -0.05) is 31.0 Å². The molecule has 1 aliphatic rings. The fraction of sp³-hybridized carbons (Fsp3) is 0.348. The Morgan fingerprint density at radius 1 is 1.20 bits per heavy atom. The summed E-state index contributed by atoms with van der Waals surface area (Å²) in [6.07, 6.45) is 12.1. The minimum absolute atomic E-state index is 0.254. The number of aryl methyl sites for hydroxylation is 2. The number of carbonyl (C=O) groups excluding carboxylic acids is 1. The molecule has 30 heavy (non-hydrogen) atoms. The molecule has 0 saturated heterocycles. The first-order valence-electron chi connectivity index (χ1n) is 10.4. The standard InChI is InChI=1S/C23H24N6O/c1-15-9-17(5-7-19(15)21(30)8-6-16-3-4-16)10-22-26-23-13-24-12-20(29(23)27-22)18-11-25-28(2)14-18/h5,7,9,11-14,16H,3-4,6,8,10H2,1-2H3. The molecule has 4 aromatic rings. The maximum atomic E-state index is 12.5. The summed E-state index contributed by atoms with van der Waals surface area (Å²) in [6, 6.07) is 6.05. The Balaban J connectivity index is 1.37. The fourth-order valence-corrected chi connectivity index (χ4v) is 3.89. The van der Waals surface area contributed by atoms with Crippen LogP contribution in [0.1, 0.15) is 53.0 Å². The molecule has 152 valence electrons. The lowest BCUT2D eigenvalue weighted by Crippen LogP contribution is -2.03. The number of nitrogens with zero attached hydrogens (tertiary/aromatic N) is 6. The third kappa shape index (κ3) is 3.75. The summed E-state index contributed by atoms with van der Waals surface area (Å²) >= 11 is 0. The summed E-state index contributed by atoms with van der Waals surface area (Å²) in [5.41, 5.74) is 5.46. The Labute approximate surface area is 174 Å². The molecule has 5 rings (SSSR count). The second-order valence-corrected chi connectivity index (χ2v) is 8.22. The largest absolute Gasteiger partial charge is 0.294 e. The van der Waals surface area contributed by atoms with Gasteiger partial charge in [0, 0.05) is 37.2 Å². The predicted octanol–water partition coefficient (Wildman–Crippen LogP) is 3.80. The van der Waals surface area contributed by atoms with E-state index in [1.165, 1.54) is 12.8 Å². The first-order chi connectivity index (χ1) is 14.6. The van der Waals surface area contributed by atoms with Crippen molar-refractivity contribution in [2.75, 3.05) is 0 Å². The SMILES string of the molecule is Cc1cc(Cc2nc3cncc(-c4cnn(C)c4)n3n2)ccc1C(=O)CCC1CC1. The molecule has 0 N–H and O–H groups in total. The Morgan fingerprint density at radius 3 is 2.80 bits per heavy atom. The van der Waals surface area contributed by atoms with Crippen molar-refractivity contribution in [1.82, 2.24) is 29.4 Å². The van der Waals surface area contributed by atoms with E-state index >= 15 is 0 Å². The lowest BCUT2D eigenvalue weighted by molar-refractivity contribution is 0.0977. The lowest BCUT2D eigenvalue weighted by Gasteiger charge is -2.07. The average molecular weight is 400 g/mol. The molecule has 0 amide bonds. The van der Waals surface area contributed by atoms with E-state index in [1.807, 2.05) is 36.8 Å². The van der Waals surface area contributed by atoms with E-state index < -0.39 is 0 Å². The molecule has 1 saturated carbocycles. The van der Waals surface area contributed by atoms with Crippen molar-refractivity contribution < 1.29 is 4.79 Å². The van der Waals surface area contributed by atoms with Crippen molar-refractivity contribution in [3.8, 4) is 11.3 Å². The maximum Gasteiger partial charge on any atom is 0.174 e. The third-order valence-electron chi connectivity index (χ3n) is 5.72. The Bertz CT molecular complexity index is 1230.